The van der Waals surface area contributed by atoms with E-state index in [1.807, 2.05) is 0 Å². The summed E-state index contributed by atoms with van der Waals surface area (Å²) in [6.45, 7) is 27.3. The Morgan fingerprint density at radius 2 is 0.651 bits per heavy atom. The Morgan fingerprint density at radius 3 is 1.02 bits per heavy atom. The number of aliphatic hydroxyl groups is 1. The molecule has 26 heteroatoms. The molecule has 4 aliphatic heterocycles. The zero-order valence-corrected chi connectivity index (χ0v) is 68.8. The predicted octanol–water partition coefficient (Wildman–Crippen LogP) is 7.72. The van der Waals surface area contributed by atoms with Crippen LogP contribution in [-0.4, -0.2) is 332 Å². The van der Waals surface area contributed by atoms with Gasteiger partial charge >= 0.3 is 0 Å². The summed E-state index contributed by atoms with van der Waals surface area (Å²) in [5.41, 5.74) is 44.7. The standard InChI is InChI=1S/C16H27N3O.C15H26N4O2.C14H24N4O.C14H23N3O.C13H22N2O.C11H19N3O/c1-19(2)11-9-18(10-12-19)8-4-3-5-14-13-15(20)6-7-16(14)17;1-19(10-11-20)8-6-18(7-9-19)5-4-17-15-12-13(21)2-3-14(15)16;1-18(2)9-7-17(8-10-18)6-5-16-14-11-12(19)3-4-13(14)15;1-17(8-3-2-4-9-17)10-7-16-14-11-12(18)5-6-13(14)15;1-15(2,3)9-5-4-6-11-10-12(16)7-8-13(11)14;1-14(2,3)7-6-13-11-8-9(15)4-5-10(11)12/h6-7,13H,3-5,8-12,17H2,1-2H3;2-3,12,17,20H,4-11,16H2,1H3;3-4,11,16H,5-10,15H2,1-2H3;5-6,11,16H,2-4,7-10,15H2,1H3;7-8,10H,4-6,9,14H2,1-3H3;4-5,8,13H,6-7,12H2,1-3H3/p+6. The number of nitrogens with one attached hydrogen (secondary N) is 4. The molecule has 0 unspecified atom stereocenters. The quantitative estimate of drug-likeness (QED) is 0.00967. The van der Waals surface area contributed by atoms with Gasteiger partial charge in [-0.3, -0.25) is 14.7 Å². The van der Waals surface area contributed by atoms with Crippen molar-refractivity contribution in [1.82, 2.24) is 14.7 Å². The fraction of sp³-hybridized carbons (Fsp3) is 0.566. The van der Waals surface area contributed by atoms with Crippen LogP contribution < -0.4 is 55.7 Å². The molecule has 23 N–H and O–H groups in total. The summed E-state index contributed by atoms with van der Waals surface area (Å²) in [7, 11) is 26.7. The molecule has 610 valence electrons. The predicted molar refractivity (Wildman–Crippen MR) is 456 cm³/mol. The van der Waals surface area contributed by atoms with Crippen LogP contribution in [-0.2, 0) is 12.8 Å². The van der Waals surface area contributed by atoms with Gasteiger partial charge in [0.1, 0.15) is 41.0 Å². The number of likely N-dealkylation sites (N-methyl/N-ethyl adjacent to an activating group) is 5. The van der Waals surface area contributed by atoms with E-state index in [1.54, 1.807) is 109 Å². The minimum Gasteiger partial charge on any atom is -0.508 e. The number of benzene rings is 6. The number of rotatable bonds is 28. The van der Waals surface area contributed by atoms with Crippen LogP contribution in [0.25, 0.3) is 0 Å². The minimum absolute atomic E-state index is 0.224. The first-order valence-electron chi connectivity index (χ1n) is 39.4. The fourth-order valence-corrected chi connectivity index (χ4v) is 13.4. The number of anilines is 10. The number of hydrogen-bond donors (Lipinski definition) is 17. The van der Waals surface area contributed by atoms with Gasteiger partial charge in [0.05, 0.1) is 222 Å². The van der Waals surface area contributed by atoms with Gasteiger partial charge in [-0.2, -0.15) is 0 Å². The molecule has 4 fully saturated rings. The summed E-state index contributed by atoms with van der Waals surface area (Å²) >= 11 is 0. The fourth-order valence-electron chi connectivity index (χ4n) is 13.4. The summed E-state index contributed by atoms with van der Waals surface area (Å²) < 4.78 is 6.26. The smallest absolute Gasteiger partial charge is 0.117 e. The van der Waals surface area contributed by atoms with Gasteiger partial charge in [0.25, 0.3) is 0 Å². The number of phenols is 6. The Bertz CT molecular complexity index is 3590. The molecule has 0 radical (unpaired) electrons. The molecule has 0 spiro atoms. The molecule has 0 saturated carbocycles. The zero-order chi connectivity index (χ0) is 80.4. The molecular weight excluding hydrogens is 1380 g/mol. The molecule has 109 heavy (non-hydrogen) atoms. The summed E-state index contributed by atoms with van der Waals surface area (Å²) in [4.78, 5) is 7.45. The van der Waals surface area contributed by atoms with E-state index < -0.39 is 0 Å². The van der Waals surface area contributed by atoms with Gasteiger partial charge in [-0.05, 0) is 160 Å². The van der Waals surface area contributed by atoms with Crippen molar-refractivity contribution >= 4 is 56.9 Å². The molecule has 0 atom stereocenters. The van der Waals surface area contributed by atoms with Gasteiger partial charge in [0, 0.05) is 101 Å². The largest absolute Gasteiger partial charge is 0.508 e. The first kappa shape index (κ1) is 91.3. The monoisotopic (exact) mass is 1520 g/mol. The second-order valence-corrected chi connectivity index (χ2v) is 34.2. The summed E-state index contributed by atoms with van der Waals surface area (Å²) in [5.74, 6) is 1.57. The van der Waals surface area contributed by atoms with E-state index >= 15 is 0 Å². The molecule has 10 rings (SSSR count). The molecule has 6 aromatic carbocycles. The average molecular weight is 1520 g/mol. The number of aliphatic hydroxyl groups excluding tert-OH is 1. The van der Waals surface area contributed by atoms with Gasteiger partial charge in [-0.1, -0.05) is 0 Å². The Kier molecular flexibility index (Phi) is 37.3. The number of piperazine rings is 3. The summed E-state index contributed by atoms with van der Waals surface area (Å²) in [6.07, 6.45) is 10.6. The van der Waals surface area contributed by atoms with E-state index in [0.717, 1.165) is 196 Å². The topological polar surface area (TPSA) is 356 Å². The Hall–Kier alpha value is -8.28. The molecule has 26 nitrogen and oxygen atoms in total. The number of unbranched alkanes of at least 4 members (excludes halogenated alkanes) is 2. The maximum absolute atomic E-state index is 9.48. The van der Waals surface area contributed by atoms with Crippen LogP contribution in [0.4, 0.5) is 56.9 Å². The van der Waals surface area contributed by atoms with E-state index in [4.69, 9.17) is 39.5 Å². The highest BCUT2D eigenvalue weighted by atomic mass is 16.3. The van der Waals surface area contributed by atoms with Gasteiger partial charge < -0.3 is 118 Å². The highest BCUT2D eigenvalue weighted by Crippen LogP contribution is 2.29. The van der Waals surface area contributed by atoms with Crippen LogP contribution in [0.2, 0.25) is 0 Å². The lowest BCUT2D eigenvalue weighted by Crippen LogP contribution is -2.58. The van der Waals surface area contributed by atoms with E-state index in [9.17, 15) is 30.6 Å². The first-order valence-corrected chi connectivity index (χ1v) is 39.4. The van der Waals surface area contributed by atoms with E-state index in [-0.39, 0.29) is 29.6 Å². The number of nitrogens with zero attached hydrogens (tertiary/aromatic N) is 9. The number of likely N-dealkylation sites (tertiary alicyclic amines) is 1. The van der Waals surface area contributed by atoms with Crippen molar-refractivity contribution in [2.24, 2.45) is 0 Å². The lowest BCUT2D eigenvalue weighted by molar-refractivity contribution is -0.913. The third kappa shape index (κ3) is 36.9. The average Bonchev–Trinajstić information content (AvgIpc) is 0.862. The van der Waals surface area contributed by atoms with Crippen molar-refractivity contribution in [2.45, 2.75) is 57.8 Å². The zero-order valence-electron chi connectivity index (χ0n) is 68.8. The van der Waals surface area contributed by atoms with Crippen molar-refractivity contribution < 1.29 is 62.6 Å². The Balaban J connectivity index is 0.000000235. The molecular formula is C83H147N19O7+6. The Labute approximate surface area is 654 Å². The number of nitrogen functional groups attached to an aromatic ring is 6. The van der Waals surface area contributed by atoms with Crippen LogP contribution in [0.3, 0.4) is 0 Å². The number of aryl methyl sites for hydroxylation is 2. The second-order valence-electron chi connectivity index (χ2n) is 34.2. The van der Waals surface area contributed by atoms with E-state index in [1.165, 1.54) is 97.6 Å². The Morgan fingerprint density at radius 1 is 0.339 bits per heavy atom. The normalized spacial score (nSPS) is 16.8. The first-order chi connectivity index (χ1) is 51.3. The van der Waals surface area contributed by atoms with Crippen LogP contribution in [0.1, 0.15) is 56.1 Å². The number of hydrogen-bond acceptors (Lipinski definition) is 20. The van der Waals surface area contributed by atoms with Crippen LogP contribution >= 0.6 is 0 Å². The molecule has 0 amide bonds. The van der Waals surface area contributed by atoms with Crippen LogP contribution in [0.5, 0.6) is 34.5 Å². The van der Waals surface area contributed by atoms with Crippen molar-refractivity contribution in [3.8, 4) is 34.5 Å². The molecule has 0 bridgehead atoms. The third-order valence-electron chi connectivity index (χ3n) is 21.2. The summed E-state index contributed by atoms with van der Waals surface area (Å²) in [6, 6.07) is 30.3. The molecule has 4 heterocycles. The molecule has 4 saturated heterocycles. The molecule has 4 aliphatic rings. The second kappa shape index (κ2) is 44.5. The van der Waals surface area contributed by atoms with Gasteiger partial charge in [0.15, 0.2) is 0 Å². The number of phenolic OH excluding ortho intramolecular Hbond substituents is 6. The highest BCUT2D eigenvalue weighted by molar-refractivity contribution is 5.70. The maximum atomic E-state index is 9.48. The van der Waals surface area contributed by atoms with E-state index in [0.29, 0.717) is 34.2 Å². The third-order valence-corrected chi connectivity index (χ3v) is 21.2. The van der Waals surface area contributed by atoms with Gasteiger partial charge in [-0.25, -0.2) is 0 Å². The molecule has 6 aromatic rings. The number of piperidine rings is 1. The van der Waals surface area contributed by atoms with Crippen molar-refractivity contribution in [3.05, 3.63) is 120 Å². The van der Waals surface area contributed by atoms with Crippen molar-refractivity contribution in [2.75, 3.05) is 310 Å². The summed E-state index contributed by atoms with van der Waals surface area (Å²) in [5, 5.41) is 78.7. The maximum Gasteiger partial charge on any atom is 0.117 e. The lowest BCUT2D eigenvalue weighted by Gasteiger charge is -2.41. The molecule has 0 aliphatic carbocycles. The van der Waals surface area contributed by atoms with Gasteiger partial charge in [-0.15, -0.1) is 0 Å². The van der Waals surface area contributed by atoms with Crippen molar-refractivity contribution in [1.29, 1.82) is 0 Å². The van der Waals surface area contributed by atoms with E-state index in [2.05, 4.69) is 121 Å². The number of aromatic hydroxyl groups is 6. The van der Waals surface area contributed by atoms with Gasteiger partial charge in [0.2, 0.25) is 0 Å². The SMILES string of the molecule is C[N+](C)(C)CCCCc1cc(O)ccc1N.C[N+](C)(C)CCNc1cc(O)ccc1N.C[N+]1(C)CCN(CCCCc2cc(O)ccc2N)CC1.C[N+]1(C)CCN(CCNc2cc(O)ccc2N)CC1.C[N+]1(CCNc2cc(O)ccc2N)CCCCC1.C[N+]1(CCO)CCN(CCNc2cc(O)ccc2N)CC1. The lowest BCUT2D eigenvalue weighted by atomic mass is 10.1. The number of nitrogens with two attached hydrogens (primary N) is 6. The molecule has 0 aromatic heterocycles. The minimum atomic E-state index is 0.224. The van der Waals surface area contributed by atoms with Crippen LogP contribution in [0.15, 0.2) is 109 Å². The van der Waals surface area contributed by atoms with Crippen LogP contribution in [0, 0.1) is 0 Å². The number of quaternary nitrogens is 6. The van der Waals surface area contributed by atoms with Crippen molar-refractivity contribution in [3.63, 3.8) is 0 Å². The highest BCUT2D eigenvalue weighted by Gasteiger charge is 2.29.